The van der Waals surface area contributed by atoms with Gasteiger partial charge in [-0.3, -0.25) is 0 Å². The van der Waals surface area contributed by atoms with E-state index in [1.165, 1.54) is 44.1 Å². The fraction of sp³-hybridized carbons (Fsp3) is 0.667. The van der Waals surface area contributed by atoms with Crippen molar-refractivity contribution in [1.29, 1.82) is 0 Å². The molecule has 2 saturated carbocycles. The lowest BCUT2D eigenvalue weighted by atomic mass is 9.76. The highest BCUT2D eigenvalue weighted by atomic mass is 28.3. The number of unbranched alkanes of at least 4 members (excludes halogenated alkanes) is 1. The van der Waals surface area contributed by atoms with Crippen LogP contribution in [0.1, 0.15) is 66.2 Å². The molecule has 0 aliphatic heterocycles. The van der Waals surface area contributed by atoms with Gasteiger partial charge in [0.2, 0.25) is 0 Å². The summed E-state index contributed by atoms with van der Waals surface area (Å²) in [4.78, 5) is 0. The zero-order chi connectivity index (χ0) is 22.4. The Bertz CT molecular complexity index is 799. The predicted octanol–water partition coefficient (Wildman–Crippen LogP) is 9.13. The molecule has 7 unspecified atom stereocenters. The summed E-state index contributed by atoms with van der Waals surface area (Å²) in [5, 5.41) is 0. The molecule has 1 heteroatoms. The van der Waals surface area contributed by atoms with Gasteiger partial charge in [-0.05, 0) is 77.8 Å². The van der Waals surface area contributed by atoms with Crippen LogP contribution < -0.4 is 0 Å². The molecule has 0 N–H and O–H groups in total. The van der Waals surface area contributed by atoms with Crippen molar-refractivity contribution < 1.29 is 0 Å². The largest absolute Gasteiger partial charge is 0.103 e. The molecule has 0 bridgehead atoms. The smallest absolute Gasteiger partial charge is 0.0548 e. The van der Waals surface area contributed by atoms with Crippen LogP contribution in [0.5, 0.6) is 0 Å². The Balaban J connectivity index is 1.62. The average molecular weight is 435 g/mol. The minimum atomic E-state index is -1.44. The average Bonchev–Trinajstić information content (AvgIpc) is 3.29. The SMILES string of the molecule is C=CCCCC1CCC([Si](C)(C)C2C3C=C(C)C=CC3C3C=CC(C(C)(C)C)=CC32)C1. The van der Waals surface area contributed by atoms with E-state index in [-0.39, 0.29) is 5.41 Å². The molecule has 0 aromatic rings. The Hall–Kier alpha value is -1.08. The van der Waals surface area contributed by atoms with Gasteiger partial charge in [0.15, 0.2) is 0 Å². The van der Waals surface area contributed by atoms with Crippen LogP contribution in [0.15, 0.2) is 60.3 Å². The van der Waals surface area contributed by atoms with Crippen molar-refractivity contribution >= 4 is 8.07 Å². The summed E-state index contributed by atoms with van der Waals surface area (Å²) >= 11 is 0. The Kier molecular flexibility index (Phi) is 6.47. The van der Waals surface area contributed by atoms with Gasteiger partial charge in [-0.1, -0.05) is 101 Å². The molecule has 4 aliphatic rings. The maximum atomic E-state index is 3.92. The van der Waals surface area contributed by atoms with E-state index in [1.54, 1.807) is 5.57 Å². The van der Waals surface area contributed by atoms with Gasteiger partial charge in [-0.15, -0.1) is 6.58 Å². The van der Waals surface area contributed by atoms with Gasteiger partial charge in [0.25, 0.3) is 0 Å². The zero-order valence-corrected chi connectivity index (χ0v) is 22.0. The van der Waals surface area contributed by atoms with Gasteiger partial charge in [-0.25, -0.2) is 0 Å². The second-order valence-corrected chi connectivity index (χ2v) is 17.9. The number of allylic oxidation sites excluding steroid dienone is 9. The van der Waals surface area contributed by atoms with Crippen molar-refractivity contribution in [2.45, 2.75) is 90.4 Å². The molecule has 0 amide bonds. The first-order valence-electron chi connectivity index (χ1n) is 13.0. The fourth-order valence-corrected chi connectivity index (χ4v) is 12.6. The van der Waals surface area contributed by atoms with Gasteiger partial charge in [-0.2, -0.15) is 0 Å². The van der Waals surface area contributed by atoms with E-state index >= 15 is 0 Å². The maximum absolute atomic E-state index is 3.92. The van der Waals surface area contributed by atoms with E-state index in [0.29, 0.717) is 11.8 Å². The summed E-state index contributed by atoms with van der Waals surface area (Å²) in [6, 6.07) is 0. The third-order valence-electron chi connectivity index (χ3n) is 9.41. The van der Waals surface area contributed by atoms with Crippen LogP contribution >= 0.6 is 0 Å². The Morgan fingerprint density at radius 1 is 1.00 bits per heavy atom. The molecule has 0 radical (unpaired) electrons. The van der Waals surface area contributed by atoms with Crippen LogP contribution in [-0.4, -0.2) is 8.07 Å². The molecule has 170 valence electrons. The first-order valence-corrected chi connectivity index (χ1v) is 16.2. The van der Waals surface area contributed by atoms with E-state index in [1.807, 2.05) is 0 Å². The quantitative estimate of drug-likeness (QED) is 0.222. The van der Waals surface area contributed by atoms with Crippen LogP contribution in [-0.2, 0) is 0 Å². The first-order chi connectivity index (χ1) is 14.6. The number of rotatable bonds is 6. The van der Waals surface area contributed by atoms with Crippen molar-refractivity contribution in [2.24, 2.45) is 35.0 Å². The third kappa shape index (κ3) is 4.41. The van der Waals surface area contributed by atoms with Gasteiger partial charge in [0, 0.05) is 0 Å². The second-order valence-electron chi connectivity index (χ2n) is 12.8. The van der Waals surface area contributed by atoms with E-state index < -0.39 is 8.07 Å². The predicted molar refractivity (Wildman–Crippen MR) is 140 cm³/mol. The monoisotopic (exact) mass is 434 g/mol. The summed E-state index contributed by atoms with van der Waals surface area (Å²) < 4.78 is 0. The normalized spacial score (nSPS) is 37.3. The van der Waals surface area contributed by atoms with E-state index in [9.17, 15) is 0 Å². The Morgan fingerprint density at radius 3 is 2.35 bits per heavy atom. The lowest BCUT2D eigenvalue weighted by Gasteiger charge is -2.43. The molecule has 0 heterocycles. The molecule has 0 aromatic carbocycles. The summed E-state index contributed by atoms with van der Waals surface area (Å²) in [7, 11) is -1.44. The van der Waals surface area contributed by atoms with Gasteiger partial charge in [0.1, 0.15) is 0 Å². The molecule has 7 atom stereocenters. The molecule has 0 nitrogen and oxygen atoms in total. The summed E-state index contributed by atoms with van der Waals surface area (Å²) in [5.74, 6) is 3.88. The maximum Gasteiger partial charge on any atom is 0.0548 e. The summed E-state index contributed by atoms with van der Waals surface area (Å²) in [6.07, 6.45) is 26.0. The van der Waals surface area contributed by atoms with Crippen molar-refractivity contribution in [3.8, 4) is 0 Å². The van der Waals surface area contributed by atoms with E-state index in [4.69, 9.17) is 0 Å². The minimum absolute atomic E-state index is 0.247. The standard InChI is InChI=1S/C30H46Si/c1-8-9-10-11-22-13-15-24(19-22)31(6,7)29-27-18-21(2)12-16-25(27)26-17-14-23(20-28(26)29)30(3,4)5/h8,12,14,16-18,20,22,24-29H,1,9-11,13,15,19H2,2-7H3. The van der Waals surface area contributed by atoms with Crippen LogP contribution in [0.2, 0.25) is 24.2 Å². The molecule has 31 heavy (non-hydrogen) atoms. The van der Waals surface area contributed by atoms with Gasteiger partial charge in [0.05, 0.1) is 8.07 Å². The van der Waals surface area contributed by atoms with Crippen LogP contribution in [0, 0.1) is 35.0 Å². The molecule has 2 fully saturated rings. The van der Waals surface area contributed by atoms with Gasteiger partial charge < -0.3 is 0 Å². The molecule has 0 aromatic heterocycles. The lowest BCUT2D eigenvalue weighted by Crippen LogP contribution is -2.42. The van der Waals surface area contributed by atoms with Crippen LogP contribution in [0.4, 0.5) is 0 Å². The van der Waals surface area contributed by atoms with Crippen LogP contribution in [0.25, 0.3) is 0 Å². The van der Waals surface area contributed by atoms with Gasteiger partial charge >= 0.3 is 0 Å². The Labute approximate surface area is 193 Å². The van der Waals surface area contributed by atoms with E-state index in [0.717, 1.165) is 28.8 Å². The number of hydrogen-bond acceptors (Lipinski definition) is 0. The highest BCUT2D eigenvalue weighted by Gasteiger charge is 2.56. The summed E-state index contributed by atoms with van der Waals surface area (Å²) in [6.45, 7) is 19.0. The lowest BCUT2D eigenvalue weighted by molar-refractivity contribution is 0.441. The molecule has 4 rings (SSSR count). The number of hydrogen-bond donors (Lipinski definition) is 0. The third-order valence-corrected chi connectivity index (χ3v) is 14.5. The molecule has 0 spiro atoms. The van der Waals surface area contributed by atoms with Crippen LogP contribution in [0.3, 0.4) is 0 Å². The molecular formula is C30H46Si. The summed E-state index contributed by atoms with van der Waals surface area (Å²) in [5.41, 5.74) is 5.19. The highest BCUT2D eigenvalue weighted by Crippen LogP contribution is 2.63. The van der Waals surface area contributed by atoms with Crippen molar-refractivity contribution in [1.82, 2.24) is 0 Å². The second kappa shape index (κ2) is 8.69. The molecular weight excluding hydrogens is 388 g/mol. The topological polar surface area (TPSA) is 0 Å². The Morgan fingerprint density at radius 2 is 1.68 bits per heavy atom. The molecule has 4 aliphatic carbocycles. The fourth-order valence-electron chi connectivity index (χ4n) is 7.62. The molecule has 0 saturated heterocycles. The highest BCUT2D eigenvalue weighted by molar-refractivity contribution is 6.80. The van der Waals surface area contributed by atoms with Crippen molar-refractivity contribution in [3.05, 3.63) is 60.3 Å². The number of fused-ring (bicyclic) bond motifs is 3. The first kappa shape index (κ1) is 23.1. The van der Waals surface area contributed by atoms with Crippen molar-refractivity contribution in [2.75, 3.05) is 0 Å². The van der Waals surface area contributed by atoms with Crippen molar-refractivity contribution in [3.63, 3.8) is 0 Å². The minimum Gasteiger partial charge on any atom is -0.103 e. The van der Waals surface area contributed by atoms with E-state index in [2.05, 4.69) is 89.9 Å². The zero-order valence-electron chi connectivity index (χ0n) is 21.0.